The van der Waals surface area contributed by atoms with E-state index in [1.807, 2.05) is 6.07 Å². The van der Waals surface area contributed by atoms with Gasteiger partial charge < -0.3 is 20.8 Å². The summed E-state index contributed by atoms with van der Waals surface area (Å²) in [6.07, 6.45) is 5.74. The fourth-order valence-electron chi connectivity index (χ4n) is 2.25. The molecule has 0 radical (unpaired) electrons. The molecule has 3 rings (SSSR count). The first-order valence-electron chi connectivity index (χ1n) is 7.93. The number of nitrogens with one attached hydrogen (secondary N) is 4. The van der Waals surface area contributed by atoms with E-state index >= 15 is 0 Å². The second kappa shape index (κ2) is 7.64. The third kappa shape index (κ3) is 4.79. The van der Waals surface area contributed by atoms with Crippen LogP contribution in [0.25, 0.3) is 0 Å². The van der Waals surface area contributed by atoms with Crippen LogP contribution >= 0.6 is 15.9 Å². The van der Waals surface area contributed by atoms with E-state index in [2.05, 4.69) is 46.7 Å². The minimum atomic E-state index is 0.393. The number of rotatable bonds is 8. The van der Waals surface area contributed by atoms with Crippen molar-refractivity contribution < 1.29 is 4.74 Å². The Labute approximate surface area is 154 Å². The van der Waals surface area contributed by atoms with Crippen molar-refractivity contribution in [2.45, 2.75) is 25.7 Å². The zero-order chi connectivity index (χ0) is 17.8. The monoisotopic (exact) mass is 405 g/mol. The second-order valence-corrected chi connectivity index (χ2v) is 6.70. The van der Waals surface area contributed by atoms with Crippen molar-refractivity contribution in [3.63, 3.8) is 0 Å². The molecule has 2 aromatic rings. The van der Waals surface area contributed by atoms with Gasteiger partial charge >= 0.3 is 0 Å². The van der Waals surface area contributed by atoms with Crippen LogP contribution in [-0.4, -0.2) is 39.5 Å². The number of aromatic amines is 1. The van der Waals surface area contributed by atoms with Crippen LogP contribution in [-0.2, 0) is 4.74 Å². The summed E-state index contributed by atoms with van der Waals surface area (Å²) in [5, 5.41) is 21.1. The summed E-state index contributed by atoms with van der Waals surface area (Å²) in [5.41, 5.74) is 1.51. The first-order chi connectivity index (χ1) is 12.0. The molecule has 0 aromatic carbocycles. The predicted molar refractivity (Wildman–Crippen MR) is 101 cm³/mol. The summed E-state index contributed by atoms with van der Waals surface area (Å²) in [6.45, 7) is 2.08. The van der Waals surface area contributed by atoms with Crippen LogP contribution in [0.2, 0.25) is 0 Å². The molecular formula is C16H20BrN7O. The maximum atomic E-state index is 7.49. The van der Waals surface area contributed by atoms with E-state index in [1.54, 1.807) is 26.3 Å². The zero-order valence-electron chi connectivity index (χ0n) is 14.1. The number of ether oxygens (including phenoxy) is 1. The van der Waals surface area contributed by atoms with Gasteiger partial charge in [-0.3, -0.25) is 5.10 Å². The predicted octanol–water partition coefficient (Wildman–Crippen LogP) is 3.57. The van der Waals surface area contributed by atoms with Gasteiger partial charge in [-0.25, -0.2) is 4.98 Å². The highest BCUT2D eigenvalue weighted by atomic mass is 79.9. The highest BCUT2D eigenvalue weighted by Crippen LogP contribution is 2.39. The molecule has 0 spiro atoms. The first kappa shape index (κ1) is 17.4. The molecule has 0 atom stereocenters. The minimum absolute atomic E-state index is 0.393. The summed E-state index contributed by atoms with van der Waals surface area (Å²) in [5.74, 6) is 3.11. The fraction of sp³-hybridized carbons (Fsp3) is 0.375. The Balaban J connectivity index is 1.68. The van der Waals surface area contributed by atoms with Crippen LogP contribution in [0.15, 0.2) is 28.6 Å². The molecule has 1 aliphatic carbocycles. The number of aromatic nitrogens is 4. The molecule has 0 aliphatic heterocycles. The van der Waals surface area contributed by atoms with Crippen LogP contribution in [0.5, 0.6) is 0 Å². The number of hydrogen-bond acceptors (Lipinski definition) is 7. The van der Waals surface area contributed by atoms with Crippen LogP contribution in [0, 0.1) is 5.41 Å². The average molecular weight is 406 g/mol. The van der Waals surface area contributed by atoms with Crippen molar-refractivity contribution in [1.29, 1.82) is 5.41 Å². The van der Waals surface area contributed by atoms with Crippen LogP contribution in [0.4, 0.5) is 17.6 Å². The zero-order valence-corrected chi connectivity index (χ0v) is 15.6. The molecule has 2 aromatic heterocycles. The number of H-pyrrole nitrogens is 1. The quantitative estimate of drug-likeness (QED) is 0.394. The lowest BCUT2D eigenvalue weighted by Gasteiger charge is -2.10. The van der Waals surface area contributed by atoms with Gasteiger partial charge in [0.15, 0.2) is 5.82 Å². The van der Waals surface area contributed by atoms with Crippen molar-refractivity contribution >= 4 is 39.2 Å². The molecule has 132 valence electrons. The number of methoxy groups -OCH3 is 1. The Morgan fingerprint density at radius 3 is 3.00 bits per heavy atom. The molecule has 4 N–H and O–H groups in total. The number of hydrogen-bond donors (Lipinski definition) is 4. The van der Waals surface area contributed by atoms with Crippen LogP contribution < -0.4 is 10.6 Å². The van der Waals surface area contributed by atoms with Gasteiger partial charge in [0.25, 0.3) is 0 Å². The topological polar surface area (TPSA) is 112 Å². The SMILES string of the molecule is CO/C(=C\C(C)=N)CNc1ncc(Br)c(Nc2cc(C3CC3)n[nH]2)n1. The summed E-state index contributed by atoms with van der Waals surface area (Å²) >= 11 is 3.45. The van der Waals surface area contributed by atoms with Gasteiger partial charge in [-0.05, 0) is 41.8 Å². The van der Waals surface area contributed by atoms with Gasteiger partial charge in [-0.1, -0.05) is 0 Å². The Morgan fingerprint density at radius 1 is 1.52 bits per heavy atom. The van der Waals surface area contributed by atoms with E-state index in [0.717, 1.165) is 16.0 Å². The maximum absolute atomic E-state index is 7.49. The highest BCUT2D eigenvalue weighted by molar-refractivity contribution is 9.10. The lowest BCUT2D eigenvalue weighted by molar-refractivity contribution is 0.290. The summed E-state index contributed by atoms with van der Waals surface area (Å²) in [6, 6.07) is 2.01. The number of allylic oxidation sites excluding steroid dienone is 1. The molecule has 0 unspecified atom stereocenters. The minimum Gasteiger partial charge on any atom is -0.499 e. The standard InChI is InChI=1S/C16H20BrN7O/c1-9(18)5-11(25-2)7-19-16-20-8-12(17)15(22-16)21-14-6-13(23-24-14)10-3-4-10/h5-6,8,10,18H,3-4,7H2,1-2H3,(H3,19,20,21,22,23,24)/b11-5-,18-9?. The van der Waals surface area contributed by atoms with Gasteiger partial charge in [0.2, 0.25) is 5.95 Å². The maximum Gasteiger partial charge on any atom is 0.225 e. The Bertz CT molecular complexity index is 798. The second-order valence-electron chi connectivity index (χ2n) is 5.85. The van der Waals surface area contributed by atoms with E-state index in [-0.39, 0.29) is 0 Å². The van der Waals surface area contributed by atoms with Crippen molar-refractivity contribution in [1.82, 2.24) is 20.2 Å². The molecule has 1 aliphatic rings. The molecule has 0 bridgehead atoms. The lowest BCUT2D eigenvalue weighted by Crippen LogP contribution is -2.11. The van der Waals surface area contributed by atoms with Crippen molar-refractivity contribution in [2.24, 2.45) is 0 Å². The molecule has 8 nitrogen and oxygen atoms in total. The molecular weight excluding hydrogens is 386 g/mol. The van der Waals surface area contributed by atoms with Crippen LogP contribution in [0.3, 0.4) is 0 Å². The Hall–Kier alpha value is -2.42. The summed E-state index contributed by atoms with van der Waals surface area (Å²) < 4.78 is 5.98. The normalized spacial score (nSPS) is 14.3. The summed E-state index contributed by atoms with van der Waals surface area (Å²) in [4.78, 5) is 8.70. The van der Waals surface area contributed by atoms with E-state index in [4.69, 9.17) is 10.1 Å². The molecule has 25 heavy (non-hydrogen) atoms. The molecule has 9 heteroatoms. The van der Waals surface area contributed by atoms with Gasteiger partial charge in [0.1, 0.15) is 11.6 Å². The van der Waals surface area contributed by atoms with E-state index in [1.165, 1.54) is 12.8 Å². The van der Waals surface area contributed by atoms with Gasteiger partial charge in [-0.15, -0.1) is 0 Å². The van der Waals surface area contributed by atoms with Gasteiger partial charge in [0, 0.05) is 23.9 Å². The average Bonchev–Trinajstić information content (AvgIpc) is 3.33. The molecule has 2 heterocycles. The van der Waals surface area contributed by atoms with E-state index in [9.17, 15) is 0 Å². The smallest absolute Gasteiger partial charge is 0.225 e. The molecule has 0 amide bonds. The lowest BCUT2D eigenvalue weighted by atomic mass is 10.3. The van der Waals surface area contributed by atoms with Gasteiger partial charge in [-0.2, -0.15) is 10.1 Å². The third-order valence-corrected chi connectivity index (χ3v) is 4.23. The van der Waals surface area contributed by atoms with Gasteiger partial charge in [0.05, 0.1) is 23.8 Å². The number of anilines is 3. The molecule has 1 saturated carbocycles. The largest absolute Gasteiger partial charge is 0.499 e. The van der Waals surface area contributed by atoms with E-state index in [0.29, 0.717) is 35.7 Å². The molecule has 1 fully saturated rings. The first-order valence-corrected chi connectivity index (χ1v) is 8.73. The van der Waals surface area contributed by atoms with Crippen molar-refractivity contribution in [3.05, 3.63) is 34.3 Å². The highest BCUT2D eigenvalue weighted by Gasteiger charge is 2.26. The number of halogens is 1. The van der Waals surface area contributed by atoms with Crippen LogP contribution in [0.1, 0.15) is 31.4 Å². The molecule has 0 saturated heterocycles. The van der Waals surface area contributed by atoms with E-state index < -0.39 is 0 Å². The third-order valence-electron chi connectivity index (χ3n) is 3.65. The Morgan fingerprint density at radius 2 is 2.32 bits per heavy atom. The Kier molecular flexibility index (Phi) is 5.32. The van der Waals surface area contributed by atoms with Crippen molar-refractivity contribution in [3.8, 4) is 0 Å². The van der Waals surface area contributed by atoms with Crippen molar-refractivity contribution in [2.75, 3.05) is 24.3 Å². The fourth-order valence-corrected chi connectivity index (χ4v) is 2.54. The number of nitrogens with zero attached hydrogens (tertiary/aromatic N) is 3. The summed E-state index contributed by atoms with van der Waals surface area (Å²) in [7, 11) is 1.57.